The van der Waals surface area contributed by atoms with Crippen LogP contribution in [-0.2, 0) is 26.1 Å². The fourth-order valence-corrected chi connectivity index (χ4v) is 4.22. The molecular weight excluding hydrogens is 392 g/mol. The average molecular weight is 411 g/mol. The molecule has 0 radical (unpaired) electrons. The van der Waals surface area contributed by atoms with Gasteiger partial charge in [-0.25, -0.2) is 17.9 Å². The van der Waals surface area contributed by atoms with E-state index in [9.17, 15) is 13.2 Å². The molecule has 0 aliphatic carbocycles. The first-order valence-corrected chi connectivity index (χ1v) is 10.3. The molecule has 0 amide bonds. The van der Waals surface area contributed by atoms with Crippen LogP contribution < -0.4 is 4.72 Å². The van der Waals surface area contributed by atoms with Gasteiger partial charge in [0, 0.05) is 19.3 Å². The number of ether oxygens (including phenoxy) is 2. The summed E-state index contributed by atoms with van der Waals surface area (Å²) in [4.78, 5) is 16.1. The molecule has 1 fully saturated rings. The third-order valence-electron chi connectivity index (χ3n) is 4.06. The Morgan fingerprint density at radius 1 is 1.33 bits per heavy atom. The van der Waals surface area contributed by atoms with Gasteiger partial charge in [0.1, 0.15) is 11.5 Å². The maximum Gasteiger partial charge on any atom is 0.338 e. The maximum absolute atomic E-state index is 12.6. The van der Waals surface area contributed by atoms with Gasteiger partial charge in [-0.1, -0.05) is 17.7 Å². The molecule has 0 saturated carbocycles. The number of benzene rings is 1. The Kier molecular flexibility index (Phi) is 6.43. The summed E-state index contributed by atoms with van der Waals surface area (Å²) >= 11 is 6.04. The van der Waals surface area contributed by atoms with Crippen LogP contribution in [-0.4, -0.2) is 38.6 Å². The zero-order valence-electron chi connectivity index (χ0n) is 14.4. The first-order chi connectivity index (χ1) is 13.0. The Hall–Kier alpha value is -2.00. The Labute approximate surface area is 162 Å². The molecule has 1 aromatic carbocycles. The van der Waals surface area contributed by atoms with Crippen molar-refractivity contribution in [1.82, 2.24) is 9.71 Å². The van der Waals surface area contributed by atoms with Crippen molar-refractivity contribution in [3.8, 4) is 0 Å². The third-order valence-corrected chi connectivity index (χ3v) is 5.96. The number of carbonyl (C=O) groups is 1. The number of hydrogen-bond donors (Lipinski definition) is 1. The minimum absolute atomic E-state index is 0.0123. The molecule has 144 valence electrons. The smallest absolute Gasteiger partial charge is 0.338 e. The number of halogens is 1. The van der Waals surface area contributed by atoms with E-state index in [2.05, 4.69) is 9.71 Å². The van der Waals surface area contributed by atoms with E-state index in [1.54, 1.807) is 24.4 Å². The van der Waals surface area contributed by atoms with Crippen molar-refractivity contribution in [2.75, 3.05) is 13.2 Å². The van der Waals surface area contributed by atoms with Gasteiger partial charge in [0.05, 0.1) is 22.4 Å². The highest BCUT2D eigenvalue weighted by Crippen LogP contribution is 2.23. The second-order valence-electron chi connectivity index (χ2n) is 6.03. The van der Waals surface area contributed by atoms with Crippen LogP contribution >= 0.6 is 11.6 Å². The Bertz CT molecular complexity index is 899. The van der Waals surface area contributed by atoms with Crippen molar-refractivity contribution in [1.29, 1.82) is 0 Å². The van der Waals surface area contributed by atoms with Crippen molar-refractivity contribution in [2.24, 2.45) is 0 Å². The lowest BCUT2D eigenvalue weighted by Crippen LogP contribution is -2.32. The van der Waals surface area contributed by atoms with Crippen LogP contribution in [0.3, 0.4) is 0 Å². The van der Waals surface area contributed by atoms with E-state index in [0.29, 0.717) is 12.3 Å². The summed E-state index contributed by atoms with van der Waals surface area (Å²) in [6.07, 6.45) is 3.15. The van der Waals surface area contributed by atoms with Gasteiger partial charge in [0.15, 0.2) is 0 Å². The van der Waals surface area contributed by atoms with Crippen LogP contribution in [0, 0.1) is 0 Å². The molecule has 0 bridgehead atoms. The number of sulfonamides is 1. The molecule has 1 atom stereocenters. The van der Waals surface area contributed by atoms with Gasteiger partial charge in [-0.2, -0.15) is 0 Å². The number of pyridine rings is 1. The van der Waals surface area contributed by atoms with E-state index in [1.807, 2.05) is 0 Å². The highest BCUT2D eigenvalue weighted by Gasteiger charge is 2.23. The van der Waals surface area contributed by atoms with Gasteiger partial charge in [-0.15, -0.1) is 0 Å². The monoisotopic (exact) mass is 410 g/mol. The summed E-state index contributed by atoms with van der Waals surface area (Å²) in [6, 6.07) is 9.25. The standard InChI is InChI=1S/C18H19ClN2O5S/c19-16-7-6-13(18(22)26-12-14-4-1-2-8-20-14)10-17(16)27(23,24)21-11-15-5-3-9-25-15/h1-2,4,6-8,10,15,21H,3,5,9,11-12H2. The first-order valence-electron chi connectivity index (χ1n) is 8.43. The van der Waals surface area contributed by atoms with Crippen LogP contribution in [0.2, 0.25) is 5.02 Å². The molecule has 27 heavy (non-hydrogen) atoms. The number of carbonyl (C=O) groups excluding carboxylic acids is 1. The first kappa shape index (κ1) is 19.8. The second kappa shape index (κ2) is 8.79. The van der Waals surface area contributed by atoms with Crippen LogP contribution in [0.15, 0.2) is 47.5 Å². The van der Waals surface area contributed by atoms with E-state index in [0.717, 1.165) is 12.8 Å². The molecule has 1 aliphatic heterocycles. The number of rotatable bonds is 7. The maximum atomic E-state index is 12.6. The lowest BCUT2D eigenvalue weighted by molar-refractivity contribution is 0.0467. The van der Waals surface area contributed by atoms with Crippen molar-refractivity contribution >= 4 is 27.6 Å². The molecule has 1 unspecified atom stereocenters. The second-order valence-corrected chi connectivity index (χ2v) is 8.17. The van der Waals surface area contributed by atoms with E-state index < -0.39 is 16.0 Å². The minimum atomic E-state index is -3.88. The van der Waals surface area contributed by atoms with Gasteiger partial charge in [-0.05, 0) is 43.2 Å². The minimum Gasteiger partial charge on any atom is -0.456 e. The molecule has 1 N–H and O–H groups in total. The molecule has 3 rings (SSSR count). The molecule has 0 spiro atoms. The number of aromatic nitrogens is 1. The van der Waals surface area contributed by atoms with Crippen LogP contribution in [0.1, 0.15) is 28.9 Å². The molecule has 2 aromatic rings. The molecule has 1 aromatic heterocycles. The van der Waals surface area contributed by atoms with Gasteiger partial charge < -0.3 is 9.47 Å². The average Bonchev–Trinajstić information content (AvgIpc) is 3.19. The summed E-state index contributed by atoms with van der Waals surface area (Å²) in [5.41, 5.74) is 0.679. The molecule has 2 heterocycles. The van der Waals surface area contributed by atoms with Crippen LogP contribution in [0.5, 0.6) is 0 Å². The fraction of sp³-hybridized carbons (Fsp3) is 0.333. The van der Waals surface area contributed by atoms with Gasteiger partial charge in [0.25, 0.3) is 0 Å². The zero-order valence-corrected chi connectivity index (χ0v) is 16.0. The van der Waals surface area contributed by atoms with E-state index in [1.165, 1.54) is 18.2 Å². The van der Waals surface area contributed by atoms with Crippen molar-refractivity contribution in [2.45, 2.75) is 30.4 Å². The highest BCUT2D eigenvalue weighted by atomic mass is 35.5. The van der Waals surface area contributed by atoms with Crippen LogP contribution in [0.25, 0.3) is 0 Å². The summed E-state index contributed by atoms with van der Waals surface area (Å²) in [5.74, 6) is -0.659. The molecule has 1 saturated heterocycles. The normalized spacial score (nSPS) is 17.0. The van der Waals surface area contributed by atoms with Crippen molar-refractivity contribution in [3.05, 3.63) is 58.9 Å². The van der Waals surface area contributed by atoms with Crippen molar-refractivity contribution in [3.63, 3.8) is 0 Å². The van der Waals surface area contributed by atoms with Gasteiger partial charge in [0.2, 0.25) is 10.0 Å². The SMILES string of the molecule is O=C(OCc1ccccn1)c1ccc(Cl)c(S(=O)(=O)NCC2CCCO2)c1. The Balaban J connectivity index is 1.69. The molecule has 9 heteroatoms. The summed E-state index contributed by atoms with van der Waals surface area (Å²) in [6.45, 7) is 0.777. The lowest BCUT2D eigenvalue weighted by atomic mass is 10.2. The third kappa shape index (κ3) is 5.26. The molecule has 1 aliphatic rings. The van der Waals surface area contributed by atoms with E-state index >= 15 is 0 Å². The zero-order chi connectivity index (χ0) is 19.3. The largest absolute Gasteiger partial charge is 0.456 e. The topological polar surface area (TPSA) is 94.6 Å². The number of nitrogens with zero attached hydrogens (tertiary/aromatic N) is 1. The van der Waals surface area contributed by atoms with Gasteiger partial charge >= 0.3 is 5.97 Å². The molecule has 7 nitrogen and oxygen atoms in total. The predicted octanol–water partition coefficient (Wildman–Crippen LogP) is 2.55. The predicted molar refractivity (Wildman–Crippen MR) is 99.0 cm³/mol. The van der Waals surface area contributed by atoms with Crippen LogP contribution in [0.4, 0.5) is 0 Å². The van der Waals surface area contributed by atoms with E-state index in [-0.39, 0.29) is 34.7 Å². The number of hydrogen-bond acceptors (Lipinski definition) is 6. The summed E-state index contributed by atoms with van der Waals surface area (Å²) < 4.78 is 38.2. The number of esters is 1. The number of nitrogens with one attached hydrogen (secondary N) is 1. The van der Waals surface area contributed by atoms with Crippen molar-refractivity contribution < 1.29 is 22.7 Å². The van der Waals surface area contributed by atoms with E-state index in [4.69, 9.17) is 21.1 Å². The quantitative estimate of drug-likeness (QED) is 0.705. The Morgan fingerprint density at radius 2 is 2.19 bits per heavy atom. The Morgan fingerprint density at radius 3 is 2.89 bits per heavy atom. The molecular formula is C18H19ClN2O5S. The highest BCUT2D eigenvalue weighted by molar-refractivity contribution is 7.89. The summed E-state index contributed by atoms with van der Waals surface area (Å²) in [5, 5.41) is 0.0242. The summed E-state index contributed by atoms with van der Waals surface area (Å²) in [7, 11) is -3.88. The lowest BCUT2D eigenvalue weighted by Gasteiger charge is -2.13. The van der Waals surface area contributed by atoms with Gasteiger partial charge in [-0.3, -0.25) is 4.98 Å². The fourth-order valence-electron chi connectivity index (χ4n) is 2.63.